The van der Waals surface area contributed by atoms with E-state index in [9.17, 15) is 117 Å². The highest BCUT2D eigenvalue weighted by Crippen LogP contribution is 2.25. The van der Waals surface area contributed by atoms with Crippen LogP contribution in [-0.2, 0) is 97.5 Å². The molecule has 0 spiro atoms. The number of ether oxygens (including phenoxy) is 1. The van der Waals surface area contributed by atoms with E-state index in [2.05, 4.69) is 36.9 Å². The molecule has 36 heteroatoms. The number of benzene rings is 1. The van der Waals surface area contributed by atoms with Crippen molar-refractivity contribution in [3.05, 3.63) is 35.4 Å². The van der Waals surface area contributed by atoms with E-state index >= 15 is 0 Å². The summed E-state index contributed by atoms with van der Waals surface area (Å²) < 4.78 is 5.58. The van der Waals surface area contributed by atoms with Crippen LogP contribution in [-0.4, -0.2) is 229 Å². The molecule has 0 aliphatic carbocycles. The van der Waals surface area contributed by atoms with Crippen molar-refractivity contribution in [2.45, 2.75) is 212 Å². The van der Waals surface area contributed by atoms with Gasteiger partial charge in [-0.25, -0.2) is 0 Å². The van der Waals surface area contributed by atoms with Crippen LogP contribution in [0.3, 0.4) is 0 Å². The summed E-state index contributed by atoms with van der Waals surface area (Å²) in [6, 6.07) is -2.23. The van der Waals surface area contributed by atoms with E-state index in [-0.39, 0.29) is 88.3 Å². The smallest absolute Gasteiger partial charge is 0.303 e. The Morgan fingerprint density at radius 1 is 0.594 bits per heavy atom. The number of imide groups is 1. The minimum Gasteiger partial charge on any atom is -0.481 e. The van der Waals surface area contributed by atoms with Crippen LogP contribution in [0.2, 0.25) is 0 Å². The average molecular weight is 1500 g/mol. The molecule has 106 heavy (non-hydrogen) atoms. The lowest BCUT2D eigenvalue weighted by Gasteiger charge is -2.30. The molecule has 2 aliphatic heterocycles. The molecule has 586 valence electrons. The third-order valence-electron chi connectivity index (χ3n) is 17.8. The van der Waals surface area contributed by atoms with Crippen LogP contribution in [0, 0.1) is 29.6 Å². The van der Waals surface area contributed by atoms with Gasteiger partial charge in [-0.2, -0.15) is 0 Å². The Labute approximate surface area is 611 Å². The van der Waals surface area contributed by atoms with Gasteiger partial charge in [0.05, 0.1) is 30.8 Å². The number of carboxylic acids is 5. The van der Waals surface area contributed by atoms with Gasteiger partial charge in [0.15, 0.2) is 34.9 Å². The molecule has 2 saturated heterocycles. The molecule has 1 aromatic rings. The van der Waals surface area contributed by atoms with E-state index in [1.54, 1.807) is 6.92 Å². The molecule has 0 bridgehead atoms. The first-order chi connectivity index (χ1) is 49.9. The second-order valence-corrected chi connectivity index (χ2v) is 26.8. The van der Waals surface area contributed by atoms with Gasteiger partial charge in [0.25, 0.3) is 0 Å². The van der Waals surface area contributed by atoms with Gasteiger partial charge in [0, 0.05) is 126 Å². The summed E-state index contributed by atoms with van der Waals surface area (Å²) in [5.41, 5.74) is 11.7. The molecule has 3 unspecified atom stereocenters. The molecule has 0 radical (unpaired) electrons. The number of ketones is 5. The van der Waals surface area contributed by atoms with Crippen LogP contribution >= 0.6 is 0 Å². The number of hydrogen-bond acceptors (Lipinski definition) is 21. The molecule has 10 atom stereocenters. The third-order valence-corrected chi connectivity index (χ3v) is 17.8. The largest absolute Gasteiger partial charge is 0.481 e. The van der Waals surface area contributed by atoms with Crippen molar-refractivity contribution >= 4 is 118 Å². The maximum atomic E-state index is 14.5. The van der Waals surface area contributed by atoms with E-state index in [0.717, 1.165) is 4.90 Å². The quantitative estimate of drug-likeness (QED) is 0.0133. The van der Waals surface area contributed by atoms with Crippen molar-refractivity contribution in [1.29, 1.82) is 0 Å². The van der Waals surface area contributed by atoms with Gasteiger partial charge in [-0.1, -0.05) is 52.0 Å². The number of aliphatic imine (C=N–C) groups is 1. The Kier molecular flexibility index (Phi) is 38.7. The van der Waals surface area contributed by atoms with Crippen LogP contribution in [0.4, 0.5) is 0 Å². The summed E-state index contributed by atoms with van der Waals surface area (Å²) in [7, 11) is 0. The van der Waals surface area contributed by atoms with Crippen molar-refractivity contribution in [3.8, 4) is 0 Å². The average Bonchev–Trinajstić information content (AvgIpc) is 1.63. The minimum absolute atomic E-state index is 0.0244. The molecule has 2 fully saturated rings. The summed E-state index contributed by atoms with van der Waals surface area (Å²) in [4.78, 5) is 255. The van der Waals surface area contributed by atoms with Crippen molar-refractivity contribution in [3.63, 3.8) is 0 Å². The topological polar surface area (TPSA) is 578 Å². The van der Waals surface area contributed by atoms with Gasteiger partial charge in [-0.05, 0) is 89.0 Å². The molecule has 0 saturated carbocycles. The molecule has 36 nitrogen and oxygen atoms in total. The lowest BCUT2D eigenvalue weighted by Crippen LogP contribution is -2.55. The van der Waals surface area contributed by atoms with Gasteiger partial charge >= 0.3 is 29.8 Å². The molecular formula is C70H101N11O25. The number of guanidine groups is 1. The number of nitrogens with zero attached hydrogens (tertiary/aromatic N) is 3. The third kappa shape index (κ3) is 32.7. The maximum absolute atomic E-state index is 14.5. The number of carbonyl (C=O) groups is 19. The molecule has 1 aromatic carbocycles. The summed E-state index contributed by atoms with van der Waals surface area (Å²) in [5, 5.41) is 63.3. The zero-order chi connectivity index (χ0) is 79.5. The lowest BCUT2D eigenvalue weighted by molar-refractivity contribution is -0.142. The number of amides is 9. The Morgan fingerprint density at radius 2 is 1.08 bits per heavy atom. The van der Waals surface area contributed by atoms with E-state index in [1.165, 1.54) is 43.0 Å². The van der Waals surface area contributed by atoms with Crippen LogP contribution < -0.4 is 43.4 Å². The number of likely N-dealkylation sites (tertiary alicyclic amines) is 2. The SMILES string of the molecule is CCC(=O)C(CC(C)C)NC(=O)[C@@H]1CCCN1C(=O)[C@H](CCCN=C(N)N)NC(=O)COCCNC(=O)C(CC(=O)[C@@H](CCC(=O)O)NC(=O)[C@@H](CCC(=O)O)CC(=O)[C@@H](CCC(=O)O)NC(=O)[C@@H](CCC(=O)O)CC(=O)[C@@H](CCC(=O)O)NC(=O)CCN1C(=O)CC(C)C1=O)Cc1ccc(C(C)=O)cc1. The number of nitrogens with one attached hydrogen (secondary N) is 6. The standard InChI is InChI=1S/C70H101N11O25/c1-6-52(83)50(31-38(2)3)79-67(103)51-10-8-28-80(51)69(105)49(9-7-26-74-70(71)72)76-57(88)37-106-30-27-73-64(100)45(33-41-11-13-42(14-12-41)40(5)82)36-55(86)48(19-24-63(98)99)78-66(102)44(16-21-60(92)93)35-54(85)47(18-23-62(96)97)77-65(101)43(15-20-59(90)91)34-53(84)46(17-22-61(94)95)75-56(87)25-29-81-58(89)32-39(4)68(81)104/h11-14,38-39,43-51H,6-10,15-37H2,1-5H3,(H,73,100)(H,75,87)(H,76,88)(H,77,101)(H,78,102)(H,79,103)(H,90,91)(H,92,93)(H,94,95)(H,96,97)(H,98,99)(H4,71,72,74)/t39?,43-,44-,45?,46+,47+,48+,49-,50?,51-/m0/s1. The second-order valence-electron chi connectivity index (χ2n) is 26.8. The van der Waals surface area contributed by atoms with Crippen LogP contribution in [0.15, 0.2) is 29.3 Å². The van der Waals surface area contributed by atoms with Gasteiger partial charge in [0.1, 0.15) is 18.7 Å². The molecule has 0 aromatic heterocycles. The fourth-order valence-corrected chi connectivity index (χ4v) is 12.0. The molecule has 2 heterocycles. The zero-order valence-electron chi connectivity index (χ0n) is 60.4. The molecule has 9 amide bonds. The van der Waals surface area contributed by atoms with E-state index < -0.39 is 257 Å². The van der Waals surface area contributed by atoms with Crippen molar-refractivity contribution in [2.24, 2.45) is 46.0 Å². The molecule has 3 rings (SSSR count). The minimum atomic E-state index is -1.87. The monoisotopic (exact) mass is 1500 g/mol. The number of nitrogens with two attached hydrogens (primary N) is 2. The second kappa shape index (κ2) is 45.7. The Morgan fingerprint density at radius 3 is 1.55 bits per heavy atom. The number of carboxylic acid groups (broad SMARTS) is 5. The number of hydrogen-bond donors (Lipinski definition) is 13. The number of carbonyl (C=O) groups excluding carboxylic acids is 14. The van der Waals surface area contributed by atoms with Gasteiger partial charge in [-0.3, -0.25) is 101 Å². The van der Waals surface area contributed by atoms with Gasteiger partial charge in [-0.15, -0.1) is 0 Å². The molecule has 15 N–H and O–H groups in total. The summed E-state index contributed by atoms with van der Waals surface area (Å²) in [6.07, 6.45) is -9.05. The highest BCUT2D eigenvalue weighted by molar-refractivity contribution is 6.04. The van der Waals surface area contributed by atoms with Crippen LogP contribution in [0.1, 0.15) is 185 Å². The highest BCUT2D eigenvalue weighted by atomic mass is 16.5. The first kappa shape index (κ1) is 89.8. The zero-order valence-corrected chi connectivity index (χ0v) is 60.4. The molecule has 2 aliphatic rings. The normalized spacial score (nSPS) is 16.3. The lowest BCUT2D eigenvalue weighted by atomic mass is 9.88. The number of rotatable bonds is 53. The fraction of sp³-hybridized carbons (Fsp3) is 0.629. The Bertz CT molecular complexity index is 3390. The predicted octanol–water partition coefficient (Wildman–Crippen LogP) is -0.106. The van der Waals surface area contributed by atoms with Crippen molar-refractivity contribution in [1.82, 2.24) is 41.7 Å². The Hall–Kier alpha value is -10.4. The number of Topliss-reactive ketones (excluding diaryl/α,β-unsaturated/α-hetero) is 5. The van der Waals surface area contributed by atoms with Gasteiger partial charge < -0.3 is 78.5 Å². The number of aliphatic carboxylic acids is 5. The van der Waals surface area contributed by atoms with E-state index in [0.29, 0.717) is 30.4 Å². The van der Waals surface area contributed by atoms with Crippen molar-refractivity contribution in [2.75, 3.05) is 39.4 Å². The van der Waals surface area contributed by atoms with Gasteiger partial charge in [0.2, 0.25) is 53.2 Å². The summed E-state index contributed by atoms with van der Waals surface area (Å²) in [6.45, 7) is 6.88. The summed E-state index contributed by atoms with van der Waals surface area (Å²) in [5.74, 6) is -23.5. The highest BCUT2D eigenvalue weighted by Gasteiger charge is 2.41. The first-order valence-corrected chi connectivity index (χ1v) is 35.3. The van der Waals surface area contributed by atoms with E-state index in [4.69, 9.17) is 16.2 Å². The fourth-order valence-electron chi connectivity index (χ4n) is 12.0. The maximum Gasteiger partial charge on any atom is 0.303 e. The van der Waals surface area contributed by atoms with Crippen LogP contribution in [0.5, 0.6) is 0 Å². The first-order valence-electron chi connectivity index (χ1n) is 35.3. The van der Waals surface area contributed by atoms with Crippen molar-refractivity contribution < 1.29 is 121 Å². The Balaban J connectivity index is 1.88. The van der Waals surface area contributed by atoms with Crippen LogP contribution in [0.25, 0.3) is 0 Å². The summed E-state index contributed by atoms with van der Waals surface area (Å²) >= 11 is 0. The molecular weight excluding hydrogens is 1390 g/mol. The predicted molar refractivity (Wildman–Crippen MR) is 372 cm³/mol. The van der Waals surface area contributed by atoms with E-state index in [1.807, 2.05) is 13.8 Å².